The maximum absolute atomic E-state index is 12.1. The molecule has 0 aliphatic heterocycles. The number of amidine groups is 1. The average molecular weight is 339 g/mol. The van der Waals surface area contributed by atoms with Crippen molar-refractivity contribution in [3.63, 3.8) is 0 Å². The van der Waals surface area contributed by atoms with Crippen LogP contribution < -0.4 is 11.1 Å². The molecule has 0 atom stereocenters. The van der Waals surface area contributed by atoms with Crippen LogP contribution in [0.2, 0.25) is 0 Å². The van der Waals surface area contributed by atoms with Crippen molar-refractivity contribution in [2.45, 2.75) is 6.92 Å². The Balaban J connectivity index is 2.36. The number of hydrogen-bond donors (Lipinski definition) is 3. The number of nitrogens with two attached hydrogens (primary N) is 1. The van der Waals surface area contributed by atoms with Gasteiger partial charge in [0.05, 0.1) is 11.4 Å². The number of carbonyl (C=O) groups is 1. The third kappa shape index (κ3) is 2.80. The standard InChI is InChI=1S/C12H11BrN4O3/c1-6-10(20-5-15-6)12(18)16-9-4-7(13)2-3-8(9)11(14)17-19/h2-5,19H,1H3,(H2,14,17)(H,16,18). The van der Waals surface area contributed by atoms with Gasteiger partial charge in [-0.2, -0.15) is 0 Å². The third-order valence-corrected chi connectivity index (χ3v) is 3.06. The third-order valence-electron chi connectivity index (χ3n) is 2.57. The summed E-state index contributed by atoms with van der Waals surface area (Å²) in [5, 5.41) is 14.3. The second kappa shape index (κ2) is 5.74. The summed E-state index contributed by atoms with van der Waals surface area (Å²) in [7, 11) is 0. The molecule has 0 saturated carbocycles. The highest BCUT2D eigenvalue weighted by molar-refractivity contribution is 9.10. The number of amides is 1. The first-order valence-corrected chi connectivity index (χ1v) is 6.31. The number of anilines is 1. The van der Waals surface area contributed by atoms with Gasteiger partial charge < -0.3 is 20.7 Å². The minimum atomic E-state index is -0.468. The van der Waals surface area contributed by atoms with Crippen molar-refractivity contribution in [3.8, 4) is 0 Å². The molecule has 0 saturated heterocycles. The van der Waals surface area contributed by atoms with E-state index < -0.39 is 5.91 Å². The first-order valence-electron chi connectivity index (χ1n) is 5.52. The Morgan fingerprint density at radius 3 is 2.90 bits per heavy atom. The summed E-state index contributed by atoms with van der Waals surface area (Å²) in [6, 6.07) is 4.96. The van der Waals surface area contributed by atoms with Crippen molar-refractivity contribution in [3.05, 3.63) is 46.1 Å². The Bertz CT molecular complexity index is 681. The quantitative estimate of drug-likeness (QED) is 0.343. The number of halogens is 1. The van der Waals surface area contributed by atoms with Crippen LogP contribution in [0.5, 0.6) is 0 Å². The first-order chi connectivity index (χ1) is 9.52. The maximum Gasteiger partial charge on any atom is 0.293 e. The van der Waals surface area contributed by atoms with Crippen LogP contribution in [0.1, 0.15) is 21.8 Å². The van der Waals surface area contributed by atoms with E-state index in [4.69, 9.17) is 15.4 Å². The predicted octanol–water partition coefficient (Wildman–Crippen LogP) is 2.09. The largest absolute Gasteiger partial charge is 0.438 e. The molecule has 0 fully saturated rings. The highest BCUT2D eigenvalue weighted by Crippen LogP contribution is 2.22. The molecule has 2 rings (SSSR count). The number of oxazole rings is 1. The average Bonchev–Trinajstić information content (AvgIpc) is 2.84. The number of oxime groups is 1. The van der Waals surface area contributed by atoms with Gasteiger partial charge in [0, 0.05) is 10.0 Å². The van der Waals surface area contributed by atoms with Gasteiger partial charge in [0.25, 0.3) is 5.91 Å². The summed E-state index contributed by atoms with van der Waals surface area (Å²) in [4.78, 5) is 15.9. The number of aromatic nitrogens is 1. The Labute approximate surface area is 122 Å². The van der Waals surface area contributed by atoms with Crippen molar-refractivity contribution < 1.29 is 14.4 Å². The molecule has 1 aromatic carbocycles. The summed E-state index contributed by atoms with van der Waals surface area (Å²) in [6.07, 6.45) is 1.19. The van der Waals surface area contributed by atoms with Gasteiger partial charge in [-0.15, -0.1) is 0 Å². The molecule has 0 bridgehead atoms. The number of benzene rings is 1. The Morgan fingerprint density at radius 1 is 1.55 bits per heavy atom. The normalized spacial score (nSPS) is 11.4. The molecule has 1 amide bonds. The van der Waals surface area contributed by atoms with Crippen LogP contribution in [-0.4, -0.2) is 21.9 Å². The van der Waals surface area contributed by atoms with E-state index in [1.807, 2.05) is 0 Å². The molecule has 1 heterocycles. The van der Waals surface area contributed by atoms with Crippen LogP contribution in [-0.2, 0) is 0 Å². The van der Waals surface area contributed by atoms with Gasteiger partial charge in [-0.25, -0.2) is 4.98 Å². The van der Waals surface area contributed by atoms with E-state index in [9.17, 15) is 4.79 Å². The molecular weight excluding hydrogens is 328 g/mol. The van der Waals surface area contributed by atoms with E-state index in [1.54, 1.807) is 25.1 Å². The van der Waals surface area contributed by atoms with E-state index >= 15 is 0 Å². The molecule has 20 heavy (non-hydrogen) atoms. The zero-order valence-corrected chi connectivity index (χ0v) is 12.0. The molecule has 0 aliphatic rings. The van der Waals surface area contributed by atoms with Gasteiger partial charge in [0.1, 0.15) is 0 Å². The van der Waals surface area contributed by atoms with E-state index in [1.165, 1.54) is 6.39 Å². The monoisotopic (exact) mass is 338 g/mol. The lowest BCUT2D eigenvalue weighted by Gasteiger charge is -2.09. The van der Waals surface area contributed by atoms with E-state index in [0.29, 0.717) is 16.9 Å². The highest BCUT2D eigenvalue weighted by atomic mass is 79.9. The summed E-state index contributed by atoms with van der Waals surface area (Å²) >= 11 is 3.29. The summed E-state index contributed by atoms with van der Waals surface area (Å²) in [5.41, 5.74) is 6.82. The van der Waals surface area contributed by atoms with E-state index in [0.717, 1.165) is 4.47 Å². The molecular formula is C12H11BrN4O3. The lowest BCUT2D eigenvalue weighted by Crippen LogP contribution is -2.19. The number of nitrogens with zero attached hydrogens (tertiary/aromatic N) is 2. The van der Waals surface area contributed by atoms with E-state index in [-0.39, 0.29) is 11.6 Å². The molecule has 8 heteroatoms. The topological polar surface area (TPSA) is 114 Å². The van der Waals surface area contributed by atoms with Crippen LogP contribution >= 0.6 is 15.9 Å². The second-order valence-corrected chi connectivity index (χ2v) is 4.81. The van der Waals surface area contributed by atoms with Crippen molar-refractivity contribution >= 4 is 33.4 Å². The Kier molecular flexibility index (Phi) is 4.04. The zero-order chi connectivity index (χ0) is 14.7. The minimum Gasteiger partial charge on any atom is -0.438 e. The van der Waals surface area contributed by atoms with Crippen LogP contribution in [0.4, 0.5) is 5.69 Å². The lowest BCUT2D eigenvalue weighted by molar-refractivity contribution is 0.0996. The van der Waals surface area contributed by atoms with Crippen molar-refractivity contribution in [2.24, 2.45) is 10.9 Å². The lowest BCUT2D eigenvalue weighted by atomic mass is 10.1. The van der Waals surface area contributed by atoms with Gasteiger partial charge in [-0.1, -0.05) is 21.1 Å². The van der Waals surface area contributed by atoms with Crippen LogP contribution in [0, 0.1) is 6.92 Å². The van der Waals surface area contributed by atoms with E-state index in [2.05, 4.69) is 31.4 Å². The second-order valence-electron chi connectivity index (χ2n) is 3.90. The SMILES string of the molecule is Cc1ncoc1C(=O)Nc1cc(Br)ccc1/C(N)=N/O. The van der Waals surface area contributed by atoms with Crippen molar-refractivity contribution in [1.82, 2.24) is 4.98 Å². The van der Waals surface area contributed by atoms with Gasteiger partial charge in [-0.05, 0) is 25.1 Å². The van der Waals surface area contributed by atoms with Gasteiger partial charge in [-0.3, -0.25) is 4.79 Å². The molecule has 2 aromatic rings. The first kappa shape index (κ1) is 14.1. The Morgan fingerprint density at radius 2 is 2.30 bits per heavy atom. The van der Waals surface area contributed by atoms with Crippen LogP contribution in [0.3, 0.4) is 0 Å². The fourth-order valence-electron chi connectivity index (χ4n) is 1.60. The van der Waals surface area contributed by atoms with Crippen LogP contribution in [0.15, 0.2) is 38.6 Å². The number of aryl methyl sites for hydroxylation is 1. The fraction of sp³-hybridized carbons (Fsp3) is 0.0833. The maximum atomic E-state index is 12.1. The van der Waals surface area contributed by atoms with Gasteiger partial charge >= 0.3 is 0 Å². The molecule has 0 unspecified atom stereocenters. The molecule has 7 nitrogen and oxygen atoms in total. The van der Waals surface area contributed by atoms with Gasteiger partial charge in [0.2, 0.25) is 5.76 Å². The zero-order valence-electron chi connectivity index (χ0n) is 10.4. The summed E-state index contributed by atoms with van der Waals surface area (Å²) in [5.74, 6) is -0.470. The molecule has 4 N–H and O–H groups in total. The summed E-state index contributed by atoms with van der Waals surface area (Å²) < 4.78 is 5.74. The number of hydrogen-bond acceptors (Lipinski definition) is 5. The smallest absolute Gasteiger partial charge is 0.293 e. The van der Waals surface area contributed by atoms with Crippen molar-refractivity contribution in [1.29, 1.82) is 0 Å². The molecule has 0 aliphatic carbocycles. The molecule has 0 radical (unpaired) electrons. The predicted molar refractivity (Wildman–Crippen MR) is 75.8 cm³/mol. The van der Waals surface area contributed by atoms with Crippen molar-refractivity contribution in [2.75, 3.05) is 5.32 Å². The fourth-order valence-corrected chi connectivity index (χ4v) is 1.96. The van der Waals surface area contributed by atoms with Crippen LogP contribution in [0.25, 0.3) is 0 Å². The minimum absolute atomic E-state index is 0.107. The number of rotatable bonds is 3. The highest BCUT2D eigenvalue weighted by Gasteiger charge is 2.17. The number of nitrogens with one attached hydrogen (secondary N) is 1. The molecule has 1 aromatic heterocycles. The Hall–Kier alpha value is -2.35. The molecule has 0 spiro atoms. The number of carbonyl (C=O) groups excluding carboxylic acids is 1. The summed E-state index contributed by atoms with van der Waals surface area (Å²) in [6.45, 7) is 1.66. The van der Waals surface area contributed by atoms with Gasteiger partial charge in [0.15, 0.2) is 12.2 Å². The molecule has 104 valence electrons.